The number of nitriles is 1. The normalized spacial score (nSPS) is 32.6. The molecule has 1 saturated carbocycles. The second kappa shape index (κ2) is 3.05. The lowest BCUT2D eigenvalue weighted by Crippen LogP contribution is -2.03. The molecule has 1 aliphatic carbocycles. The lowest BCUT2D eigenvalue weighted by atomic mass is 9.94. The molecule has 0 N–H and O–H groups in total. The monoisotopic (exact) mass is 137 g/mol. The zero-order valence-corrected chi connectivity index (χ0v) is 6.80. The molecule has 0 amide bonds. The molecule has 1 heteroatoms. The molecule has 0 radical (unpaired) electrons. The molecule has 1 aliphatic rings. The number of rotatable bonds is 1. The standard InChI is InChI=1S/C9H15N/c1-7(2)9-4-3-8(5-9)6-10/h7-9H,3-5H2,1-2H3/t8-,9+/m0/s1. The fourth-order valence-corrected chi connectivity index (χ4v) is 1.74. The van der Waals surface area contributed by atoms with Gasteiger partial charge < -0.3 is 0 Å². The van der Waals surface area contributed by atoms with E-state index < -0.39 is 0 Å². The molecule has 0 bridgehead atoms. The highest BCUT2D eigenvalue weighted by molar-refractivity contribution is 4.90. The van der Waals surface area contributed by atoms with E-state index in [0.29, 0.717) is 5.92 Å². The summed E-state index contributed by atoms with van der Waals surface area (Å²) in [5.41, 5.74) is 0. The van der Waals surface area contributed by atoms with E-state index in [-0.39, 0.29) is 0 Å². The molecule has 0 heterocycles. The van der Waals surface area contributed by atoms with Crippen molar-refractivity contribution >= 4 is 0 Å². The highest BCUT2D eigenvalue weighted by Crippen LogP contribution is 2.34. The SMILES string of the molecule is CC(C)[C@@H]1CC[C@H](C#N)C1. The van der Waals surface area contributed by atoms with Crippen molar-refractivity contribution in [1.29, 1.82) is 5.26 Å². The quantitative estimate of drug-likeness (QED) is 0.545. The Balaban J connectivity index is 2.37. The van der Waals surface area contributed by atoms with Crippen molar-refractivity contribution in [3.05, 3.63) is 0 Å². The van der Waals surface area contributed by atoms with Gasteiger partial charge in [0.15, 0.2) is 0 Å². The smallest absolute Gasteiger partial charge is 0.0655 e. The van der Waals surface area contributed by atoms with Gasteiger partial charge >= 0.3 is 0 Å². The third-order valence-electron chi connectivity index (χ3n) is 2.60. The molecule has 1 fully saturated rings. The van der Waals surface area contributed by atoms with E-state index in [0.717, 1.165) is 24.7 Å². The molecule has 10 heavy (non-hydrogen) atoms. The van der Waals surface area contributed by atoms with E-state index in [1.54, 1.807) is 0 Å². The van der Waals surface area contributed by atoms with Gasteiger partial charge in [0.1, 0.15) is 0 Å². The maximum absolute atomic E-state index is 8.62. The summed E-state index contributed by atoms with van der Waals surface area (Å²) in [6.45, 7) is 4.51. The summed E-state index contributed by atoms with van der Waals surface area (Å²) in [7, 11) is 0. The van der Waals surface area contributed by atoms with Crippen molar-refractivity contribution in [3.8, 4) is 6.07 Å². The van der Waals surface area contributed by atoms with Crippen LogP contribution in [-0.2, 0) is 0 Å². The molecule has 0 aliphatic heterocycles. The minimum Gasteiger partial charge on any atom is -0.198 e. The van der Waals surface area contributed by atoms with Gasteiger partial charge in [0.25, 0.3) is 0 Å². The predicted molar refractivity (Wildman–Crippen MR) is 41.3 cm³/mol. The number of nitrogens with zero attached hydrogens (tertiary/aromatic N) is 1. The molecule has 0 aromatic heterocycles. The van der Waals surface area contributed by atoms with Crippen LogP contribution in [0.5, 0.6) is 0 Å². The van der Waals surface area contributed by atoms with Crippen LogP contribution in [0.4, 0.5) is 0 Å². The lowest BCUT2D eigenvalue weighted by molar-refractivity contribution is 0.390. The van der Waals surface area contributed by atoms with Gasteiger partial charge in [0, 0.05) is 5.92 Å². The second-order valence-electron chi connectivity index (χ2n) is 3.64. The minimum absolute atomic E-state index is 0.368. The van der Waals surface area contributed by atoms with Crippen molar-refractivity contribution in [2.75, 3.05) is 0 Å². The molecule has 2 atom stereocenters. The Labute approximate surface area is 63.0 Å². The highest BCUT2D eigenvalue weighted by atomic mass is 14.3. The van der Waals surface area contributed by atoms with Gasteiger partial charge in [0.2, 0.25) is 0 Å². The number of hydrogen-bond donors (Lipinski definition) is 0. The second-order valence-corrected chi connectivity index (χ2v) is 3.64. The van der Waals surface area contributed by atoms with Crippen molar-refractivity contribution in [1.82, 2.24) is 0 Å². The van der Waals surface area contributed by atoms with Crippen LogP contribution in [-0.4, -0.2) is 0 Å². The van der Waals surface area contributed by atoms with Crippen LogP contribution in [0.3, 0.4) is 0 Å². The van der Waals surface area contributed by atoms with Crippen LogP contribution in [0, 0.1) is 29.1 Å². The minimum atomic E-state index is 0.368. The van der Waals surface area contributed by atoms with Gasteiger partial charge in [-0.25, -0.2) is 0 Å². The first-order valence-electron chi connectivity index (χ1n) is 4.13. The van der Waals surface area contributed by atoms with Crippen LogP contribution in [0.25, 0.3) is 0 Å². The highest BCUT2D eigenvalue weighted by Gasteiger charge is 2.26. The van der Waals surface area contributed by atoms with Crippen molar-refractivity contribution in [3.63, 3.8) is 0 Å². The van der Waals surface area contributed by atoms with Gasteiger partial charge in [-0.1, -0.05) is 13.8 Å². The third kappa shape index (κ3) is 1.50. The van der Waals surface area contributed by atoms with E-state index in [1.807, 2.05) is 0 Å². The fourth-order valence-electron chi connectivity index (χ4n) is 1.74. The van der Waals surface area contributed by atoms with Gasteiger partial charge in [-0.15, -0.1) is 0 Å². The molecule has 0 aromatic carbocycles. The Kier molecular flexibility index (Phi) is 2.32. The van der Waals surface area contributed by atoms with E-state index in [2.05, 4.69) is 19.9 Å². The lowest BCUT2D eigenvalue weighted by Gasteiger charge is -2.11. The first-order valence-corrected chi connectivity index (χ1v) is 4.13. The maximum atomic E-state index is 8.62. The average Bonchev–Trinajstić information content (AvgIpc) is 2.34. The Morgan fingerprint density at radius 1 is 1.40 bits per heavy atom. The first kappa shape index (κ1) is 7.60. The summed E-state index contributed by atoms with van der Waals surface area (Å²) in [5.74, 6) is 1.97. The summed E-state index contributed by atoms with van der Waals surface area (Å²) >= 11 is 0. The largest absolute Gasteiger partial charge is 0.198 e. The van der Waals surface area contributed by atoms with Gasteiger partial charge in [-0.05, 0) is 31.1 Å². The first-order chi connectivity index (χ1) is 4.74. The van der Waals surface area contributed by atoms with Crippen LogP contribution in [0.2, 0.25) is 0 Å². The molecule has 0 aromatic rings. The predicted octanol–water partition coefficient (Wildman–Crippen LogP) is 2.58. The summed E-state index contributed by atoms with van der Waals surface area (Å²) in [4.78, 5) is 0. The van der Waals surface area contributed by atoms with E-state index in [9.17, 15) is 0 Å². The molecular weight excluding hydrogens is 122 g/mol. The van der Waals surface area contributed by atoms with Crippen LogP contribution < -0.4 is 0 Å². The molecule has 0 saturated heterocycles. The fraction of sp³-hybridized carbons (Fsp3) is 0.889. The maximum Gasteiger partial charge on any atom is 0.0655 e. The molecule has 56 valence electrons. The Hall–Kier alpha value is -0.510. The summed E-state index contributed by atoms with van der Waals surface area (Å²) in [6, 6.07) is 2.35. The Bertz CT molecular complexity index is 143. The van der Waals surface area contributed by atoms with Gasteiger partial charge in [0.05, 0.1) is 6.07 Å². The molecule has 1 nitrogen and oxygen atoms in total. The molecule has 0 spiro atoms. The van der Waals surface area contributed by atoms with Gasteiger partial charge in [-0.2, -0.15) is 5.26 Å². The topological polar surface area (TPSA) is 23.8 Å². The van der Waals surface area contributed by atoms with Crippen LogP contribution in [0.15, 0.2) is 0 Å². The summed E-state index contributed by atoms with van der Waals surface area (Å²) < 4.78 is 0. The summed E-state index contributed by atoms with van der Waals surface area (Å²) in [5, 5.41) is 8.62. The average molecular weight is 137 g/mol. The van der Waals surface area contributed by atoms with Crippen molar-refractivity contribution in [2.24, 2.45) is 17.8 Å². The van der Waals surface area contributed by atoms with E-state index in [1.165, 1.54) is 6.42 Å². The van der Waals surface area contributed by atoms with Crippen molar-refractivity contribution < 1.29 is 0 Å². The number of hydrogen-bond acceptors (Lipinski definition) is 1. The molecular formula is C9H15N. The van der Waals surface area contributed by atoms with E-state index in [4.69, 9.17) is 5.26 Å². The van der Waals surface area contributed by atoms with E-state index >= 15 is 0 Å². The van der Waals surface area contributed by atoms with Crippen LogP contribution in [0.1, 0.15) is 33.1 Å². The molecule has 1 rings (SSSR count). The van der Waals surface area contributed by atoms with Gasteiger partial charge in [-0.3, -0.25) is 0 Å². The Morgan fingerprint density at radius 2 is 2.10 bits per heavy atom. The molecule has 0 unspecified atom stereocenters. The zero-order chi connectivity index (χ0) is 7.56. The Morgan fingerprint density at radius 3 is 2.40 bits per heavy atom. The zero-order valence-electron chi connectivity index (χ0n) is 6.80. The summed E-state index contributed by atoms with van der Waals surface area (Å²) in [6.07, 6.45) is 3.56. The van der Waals surface area contributed by atoms with Crippen molar-refractivity contribution in [2.45, 2.75) is 33.1 Å². The third-order valence-corrected chi connectivity index (χ3v) is 2.60. The van der Waals surface area contributed by atoms with Crippen LogP contribution >= 0.6 is 0 Å².